The summed E-state index contributed by atoms with van der Waals surface area (Å²) in [5.41, 5.74) is 2.98. The largest absolute Gasteiger partial charge is 0.326 e. The maximum absolute atomic E-state index is 12.3. The fourth-order valence-corrected chi connectivity index (χ4v) is 4.00. The highest BCUT2D eigenvalue weighted by Crippen LogP contribution is 2.24. The predicted octanol–water partition coefficient (Wildman–Crippen LogP) is 3.49. The van der Waals surface area contributed by atoms with Gasteiger partial charge in [0.05, 0.1) is 0 Å². The summed E-state index contributed by atoms with van der Waals surface area (Å²) in [6.07, 6.45) is 6.49. The molecule has 3 rings (SSSR count). The number of carbonyl (C=O) groups excluding carboxylic acids is 2. The molecule has 2 fully saturated rings. The van der Waals surface area contributed by atoms with E-state index in [1.807, 2.05) is 31.2 Å². The lowest BCUT2D eigenvalue weighted by Gasteiger charge is -2.10. The Morgan fingerprint density at radius 2 is 2.00 bits per heavy atom. The minimum absolute atomic E-state index is 0.115. The van der Waals surface area contributed by atoms with E-state index in [0.717, 1.165) is 49.1 Å². The standard InChI is InChI=1S/C19H24N4O2S/c1-2-13-8-6-7-11-15(13)20-17(24)12-16-18(25)21-19(26-16)23-22-14-9-4-3-5-10-14/h6-8,11,16H,2-5,9-10,12H2,1H3,(H,20,24)(H,21,23,25)/t16-/m1/s1. The summed E-state index contributed by atoms with van der Waals surface area (Å²) in [5.74, 6) is -0.352. The Labute approximate surface area is 157 Å². The van der Waals surface area contributed by atoms with Crippen molar-refractivity contribution in [2.45, 2.75) is 57.1 Å². The molecule has 0 aromatic heterocycles. The van der Waals surface area contributed by atoms with Crippen LogP contribution in [0, 0.1) is 0 Å². The normalized spacial score (nSPS) is 21.6. The molecule has 0 spiro atoms. The number of nitrogens with zero attached hydrogens (tertiary/aromatic N) is 2. The number of anilines is 1. The number of benzene rings is 1. The SMILES string of the molecule is CCc1ccccc1NC(=O)C[C@H]1S/C(=N/N=C2CCCCC2)NC1=O. The molecule has 2 N–H and O–H groups in total. The third-order valence-electron chi connectivity index (χ3n) is 4.53. The van der Waals surface area contributed by atoms with Crippen molar-refractivity contribution in [3.8, 4) is 0 Å². The number of aryl methyl sites for hydroxylation is 1. The summed E-state index contributed by atoms with van der Waals surface area (Å²) in [5, 5.41) is 14.1. The average Bonchev–Trinajstić information content (AvgIpc) is 3.00. The van der Waals surface area contributed by atoms with Crippen LogP contribution >= 0.6 is 11.8 Å². The molecular weight excluding hydrogens is 348 g/mol. The maximum Gasteiger partial charge on any atom is 0.240 e. The van der Waals surface area contributed by atoms with Crippen molar-refractivity contribution in [1.82, 2.24) is 5.32 Å². The van der Waals surface area contributed by atoms with E-state index in [1.54, 1.807) is 0 Å². The molecule has 2 aliphatic rings. The zero-order chi connectivity index (χ0) is 18.4. The highest BCUT2D eigenvalue weighted by atomic mass is 32.2. The van der Waals surface area contributed by atoms with Crippen molar-refractivity contribution < 1.29 is 9.59 Å². The summed E-state index contributed by atoms with van der Waals surface area (Å²) >= 11 is 1.28. The molecule has 0 radical (unpaired) electrons. The van der Waals surface area contributed by atoms with Gasteiger partial charge in [0.1, 0.15) is 5.25 Å². The summed E-state index contributed by atoms with van der Waals surface area (Å²) in [6, 6.07) is 7.71. The number of thioether (sulfide) groups is 1. The fraction of sp³-hybridized carbons (Fsp3) is 0.474. The summed E-state index contributed by atoms with van der Waals surface area (Å²) in [4.78, 5) is 24.4. The van der Waals surface area contributed by atoms with Gasteiger partial charge in [-0.15, -0.1) is 5.10 Å². The molecule has 0 unspecified atom stereocenters. The molecule has 0 bridgehead atoms. The molecule has 7 heteroatoms. The lowest BCUT2D eigenvalue weighted by atomic mass is 9.99. The van der Waals surface area contributed by atoms with Crippen molar-refractivity contribution in [3.05, 3.63) is 29.8 Å². The number of hydrogen-bond acceptors (Lipinski definition) is 5. The number of amides is 2. The van der Waals surface area contributed by atoms with Gasteiger partial charge in [0, 0.05) is 17.8 Å². The first-order chi connectivity index (χ1) is 12.7. The Hall–Kier alpha value is -2.15. The Bertz CT molecular complexity index is 737. The molecule has 1 heterocycles. The Balaban J connectivity index is 1.56. The number of para-hydroxylation sites is 1. The Morgan fingerprint density at radius 3 is 2.77 bits per heavy atom. The van der Waals surface area contributed by atoms with E-state index in [1.165, 1.54) is 18.2 Å². The van der Waals surface area contributed by atoms with Crippen LogP contribution in [0.1, 0.15) is 51.0 Å². The van der Waals surface area contributed by atoms with Crippen LogP contribution in [-0.4, -0.2) is 27.9 Å². The van der Waals surface area contributed by atoms with Crippen LogP contribution in [0.4, 0.5) is 5.69 Å². The first-order valence-corrected chi connectivity index (χ1v) is 10.0. The summed E-state index contributed by atoms with van der Waals surface area (Å²) in [7, 11) is 0. The van der Waals surface area contributed by atoms with Gasteiger partial charge in [-0.25, -0.2) is 0 Å². The van der Waals surface area contributed by atoms with Gasteiger partial charge in [0.15, 0.2) is 5.17 Å². The zero-order valence-corrected chi connectivity index (χ0v) is 15.8. The summed E-state index contributed by atoms with van der Waals surface area (Å²) in [6.45, 7) is 2.04. The number of rotatable bonds is 5. The second kappa shape index (κ2) is 8.98. The molecule has 1 atom stereocenters. The molecule has 1 aliphatic heterocycles. The third-order valence-corrected chi connectivity index (χ3v) is 5.60. The van der Waals surface area contributed by atoms with Crippen molar-refractivity contribution in [2.75, 3.05) is 5.32 Å². The van der Waals surface area contributed by atoms with Crippen molar-refractivity contribution in [2.24, 2.45) is 10.2 Å². The molecule has 2 amide bonds. The van der Waals surface area contributed by atoms with E-state index < -0.39 is 5.25 Å². The minimum Gasteiger partial charge on any atom is -0.326 e. The smallest absolute Gasteiger partial charge is 0.240 e. The van der Waals surface area contributed by atoms with E-state index in [2.05, 4.69) is 20.8 Å². The van der Waals surface area contributed by atoms with Gasteiger partial charge in [0.25, 0.3) is 0 Å². The number of hydrogen-bond donors (Lipinski definition) is 2. The van der Waals surface area contributed by atoms with Crippen molar-refractivity contribution in [3.63, 3.8) is 0 Å². The molecule has 138 valence electrons. The highest BCUT2D eigenvalue weighted by molar-refractivity contribution is 8.15. The van der Waals surface area contributed by atoms with Crippen molar-refractivity contribution >= 4 is 40.1 Å². The van der Waals surface area contributed by atoms with Gasteiger partial charge >= 0.3 is 0 Å². The fourth-order valence-electron chi connectivity index (χ4n) is 3.08. The van der Waals surface area contributed by atoms with E-state index in [4.69, 9.17) is 0 Å². The first kappa shape index (κ1) is 18.6. The highest BCUT2D eigenvalue weighted by Gasteiger charge is 2.32. The lowest BCUT2D eigenvalue weighted by molar-refractivity contribution is -0.122. The van der Waals surface area contributed by atoms with Gasteiger partial charge in [-0.1, -0.05) is 43.3 Å². The predicted molar refractivity (Wildman–Crippen MR) is 107 cm³/mol. The molecular formula is C19H24N4O2S. The van der Waals surface area contributed by atoms with Crippen LogP contribution in [0.2, 0.25) is 0 Å². The van der Waals surface area contributed by atoms with Gasteiger partial charge in [0.2, 0.25) is 11.8 Å². The second-order valence-corrected chi connectivity index (χ2v) is 7.68. The Kier molecular flexibility index (Phi) is 6.44. The summed E-state index contributed by atoms with van der Waals surface area (Å²) < 4.78 is 0. The van der Waals surface area contributed by atoms with Crippen LogP contribution in [0.15, 0.2) is 34.5 Å². The quantitative estimate of drug-likeness (QED) is 0.776. The van der Waals surface area contributed by atoms with Crippen LogP contribution in [0.5, 0.6) is 0 Å². The van der Waals surface area contributed by atoms with E-state index >= 15 is 0 Å². The van der Waals surface area contributed by atoms with Gasteiger partial charge in [-0.3, -0.25) is 9.59 Å². The van der Waals surface area contributed by atoms with E-state index in [-0.39, 0.29) is 18.2 Å². The zero-order valence-electron chi connectivity index (χ0n) is 15.0. The third kappa shape index (κ3) is 4.94. The number of nitrogens with one attached hydrogen (secondary N) is 2. The molecule has 1 saturated heterocycles. The lowest BCUT2D eigenvalue weighted by Crippen LogP contribution is -2.28. The monoisotopic (exact) mass is 372 g/mol. The Morgan fingerprint density at radius 1 is 1.23 bits per heavy atom. The molecule has 1 aromatic rings. The topological polar surface area (TPSA) is 82.9 Å². The van der Waals surface area contributed by atoms with E-state index in [0.29, 0.717) is 5.17 Å². The number of amidine groups is 1. The van der Waals surface area contributed by atoms with Gasteiger partial charge < -0.3 is 10.6 Å². The van der Waals surface area contributed by atoms with Crippen LogP contribution in [0.3, 0.4) is 0 Å². The number of carbonyl (C=O) groups is 2. The molecule has 6 nitrogen and oxygen atoms in total. The van der Waals surface area contributed by atoms with Crippen LogP contribution in [0.25, 0.3) is 0 Å². The van der Waals surface area contributed by atoms with Crippen LogP contribution < -0.4 is 10.6 Å². The van der Waals surface area contributed by atoms with Gasteiger partial charge in [-0.2, -0.15) is 5.10 Å². The molecule has 26 heavy (non-hydrogen) atoms. The maximum atomic E-state index is 12.3. The first-order valence-electron chi connectivity index (χ1n) is 9.14. The van der Waals surface area contributed by atoms with E-state index in [9.17, 15) is 9.59 Å². The average molecular weight is 372 g/mol. The second-order valence-electron chi connectivity index (χ2n) is 6.49. The van der Waals surface area contributed by atoms with Crippen LogP contribution in [-0.2, 0) is 16.0 Å². The molecule has 1 aliphatic carbocycles. The minimum atomic E-state index is -0.464. The van der Waals surface area contributed by atoms with Gasteiger partial charge in [-0.05, 0) is 43.7 Å². The molecule has 1 saturated carbocycles. The molecule has 1 aromatic carbocycles. The van der Waals surface area contributed by atoms with Crippen molar-refractivity contribution in [1.29, 1.82) is 0 Å².